The maximum Gasteiger partial charge on any atom is 0.296 e. The van der Waals surface area contributed by atoms with Gasteiger partial charge in [0.25, 0.3) is 16.0 Å². The first-order valence-corrected chi connectivity index (χ1v) is 8.64. The molecule has 112 valence electrons. The molecule has 21 heavy (non-hydrogen) atoms. The van der Waals surface area contributed by atoms with Crippen LogP contribution in [0.2, 0.25) is 0 Å². The molecule has 2 aromatic rings. The summed E-state index contributed by atoms with van der Waals surface area (Å²) in [4.78, 5) is 12.4. The summed E-state index contributed by atoms with van der Waals surface area (Å²) in [5.41, 5.74) is 0. The standard InChI is InChI=1S/C14H15NO4S2/c16-14(13-8-4-11-20-13)15-9-5-10-19-21(17,18)12-6-2-1-3-7-12/h1-4,6-8,11H,5,9-10H2,(H,15,16). The lowest BCUT2D eigenvalue weighted by Gasteiger charge is -2.06. The van der Waals surface area contributed by atoms with Crippen LogP contribution in [0.25, 0.3) is 0 Å². The summed E-state index contributed by atoms with van der Waals surface area (Å²) in [6.45, 7) is 0.392. The van der Waals surface area contributed by atoms with E-state index < -0.39 is 10.1 Å². The molecular weight excluding hydrogens is 310 g/mol. The molecule has 1 aromatic heterocycles. The average molecular weight is 325 g/mol. The van der Waals surface area contributed by atoms with E-state index in [-0.39, 0.29) is 17.4 Å². The third-order valence-corrected chi connectivity index (χ3v) is 4.82. The Bertz CT molecular complexity index is 666. The molecule has 1 heterocycles. The van der Waals surface area contributed by atoms with Crippen LogP contribution >= 0.6 is 11.3 Å². The van der Waals surface area contributed by atoms with Crippen LogP contribution in [-0.2, 0) is 14.3 Å². The third-order valence-electron chi connectivity index (χ3n) is 2.62. The minimum Gasteiger partial charge on any atom is -0.351 e. The van der Waals surface area contributed by atoms with Crippen LogP contribution in [-0.4, -0.2) is 27.5 Å². The van der Waals surface area contributed by atoms with Crippen LogP contribution in [0.15, 0.2) is 52.7 Å². The van der Waals surface area contributed by atoms with Crippen molar-refractivity contribution >= 4 is 27.4 Å². The van der Waals surface area contributed by atoms with Gasteiger partial charge in [0, 0.05) is 6.54 Å². The minimum absolute atomic E-state index is 0.0297. The molecule has 0 saturated heterocycles. The van der Waals surface area contributed by atoms with E-state index in [4.69, 9.17) is 4.18 Å². The topological polar surface area (TPSA) is 72.5 Å². The molecule has 0 atom stereocenters. The minimum atomic E-state index is -3.71. The molecule has 0 aliphatic heterocycles. The van der Waals surface area contributed by atoms with Gasteiger partial charge in [-0.2, -0.15) is 8.42 Å². The number of rotatable bonds is 7. The van der Waals surface area contributed by atoms with Gasteiger partial charge in [-0.1, -0.05) is 24.3 Å². The number of carbonyl (C=O) groups excluding carboxylic acids is 1. The van der Waals surface area contributed by atoms with E-state index in [0.29, 0.717) is 17.8 Å². The zero-order valence-corrected chi connectivity index (χ0v) is 12.8. The zero-order chi connectivity index (χ0) is 15.1. The number of amides is 1. The van der Waals surface area contributed by atoms with E-state index in [1.54, 1.807) is 30.3 Å². The number of hydrogen-bond donors (Lipinski definition) is 1. The van der Waals surface area contributed by atoms with Crippen LogP contribution in [0.5, 0.6) is 0 Å². The molecule has 0 aliphatic rings. The molecule has 0 fully saturated rings. The van der Waals surface area contributed by atoms with Crippen molar-refractivity contribution in [1.82, 2.24) is 5.32 Å². The molecule has 5 nitrogen and oxygen atoms in total. The van der Waals surface area contributed by atoms with Crippen molar-refractivity contribution in [3.63, 3.8) is 0 Å². The molecule has 0 spiro atoms. The van der Waals surface area contributed by atoms with Gasteiger partial charge in [-0.25, -0.2) is 0 Å². The quantitative estimate of drug-likeness (QED) is 0.626. The van der Waals surface area contributed by atoms with Gasteiger partial charge in [-0.05, 0) is 30.0 Å². The first-order valence-electron chi connectivity index (χ1n) is 6.36. The summed E-state index contributed by atoms with van der Waals surface area (Å²) >= 11 is 1.36. The molecule has 0 radical (unpaired) electrons. The molecule has 0 unspecified atom stereocenters. The fraction of sp³-hybridized carbons (Fsp3) is 0.214. The van der Waals surface area contributed by atoms with Crippen LogP contribution in [0, 0.1) is 0 Å². The highest BCUT2D eigenvalue weighted by Crippen LogP contribution is 2.11. The Kier molecular flexibility index (Phi) is 5.49. The molecule has 0 bridgehead atoms. The maximum atomic E-state index is 11.8. The van der Waals surface area contributed by atoms with Gasteiger partial charge in [-0.15, -0.1) is 11.3 Å². The van der Waals surface area contributed by atoms with Crippen molar-refractivity contribution in [2.75, 3.05) is 13.2 Å². The zero-order valence-electron chi connectivity index (χ0n) is 11.2. The van der Waals surface area contributed by atoms with Crippen molar-refractivity contribution in [3.05, 3.63) is 52.7 Å². The first-order chi connectivity index (χ1) is 10.1. The highest BCUT2D eigenvalue weighted by atomic mass is 32.2. The lowest BCUT2D eigenvalue weighted by Crippen LogP contribution is -2.24. The number of carbonyl (C=O) groups is 1. The summed E-state index contributed by atoms with van der Waals surface area (Å²) in [5, 5.41) is 4.53. The SMILES string of the molecule is O=C(NCCCOS(=O)(=O)c1ccccc1)c1cccs1. The van der Waals surface area contributed by atoms with Gasteiger partial charge in [0.05, 0.1) is 16.4 Å². The average Bonchev–Trinajstić information content (AvgIpc) is 3.02. The smallest absolute Gasteiger partial charge is 0.296 e. The third kappa shape index (κ3) is 4.66. The lowest BCUT2D eigenvalue weighted by molar-refractivity contribution is 0.0956. The van der Waals surface area contributed by atoms with Crippen molar-refractivity contribution in [1.29, 1.82) is 0 Å². The fourth-order valence-corrected chi connectivity index (χ4v) is 3.20. The Morgan fingerprint density at radius 3 is 2.57 bits per heavy atom. The van der Waals surface area contributed by atoms with Crippen LogP contribution in [0.1, 0.15) is 16.1 Å². The maximum absolute atomic E-state index is 11.8. The van der Waals surface area contributed by atoms with E-state index in [1.807, 2.05) is 5.38 Å². The van der Waals surface area contributed by atoms with Gasteiger partial charge in [-0.3, -0.25) is 8.98 Å². The van der Waals surface area contributed by atoms with Crippen LogP contribution in [0.3, 0.4) is 0 Å². The summed E-state index contributed by atoms with van der Waals surface area (Å²) < 4.78 is 28.5. The number of hydrogen-bond acceptors (Lipinski definition) is 5. The van der Waals surface area contributed by atoms with E-state index >= 15 is 0 Å². The van der Waals surface area contributed by atoms with E-state index in [2.05, 4.69) is 5.32 Å². The van der Waals surface area contributed by atoms with Crippen LogP contribution < -0.4 is 5.32 Å². The largest absolute Gasteiger partial charge is 0.351 e. The molecular formula is C14H15NO4S2. The van der Waals surface area contributed by atoms with E-state index in [9.17, 15) is 13.2 Å². The molecule has 1 N–H and O–H groups in total. The second kappa shape index (κ2) is 7.35. The summed E-state index contributed by atoms with van der Waals surface area (Å²) in [7, 11) is -3.71. The summed E-state index contributed by atoms with van der Waals surface area (Å²) in [5.74, 6) is -0.157. The van der Waals surface area contributed by atoms with Crippen molar-refractivity contribution < 1.29 is 17.4 Å². The molecule has 1 aromatic carbocycles. The monoisotopic (exact) mass is 325 g/mol. The van der Waals surface area contributed by atoms with Gasteiger partial charge in [0.2, 0.25) is 0 Å². The highest BCUT2D eigenvalue weighted by molar-refractivity contribution is 7.86. The van der Waals surface area contributed by atoms with Crippen molar-refractivity contribution in [2.45, 2.75) is 11.3 Å². The second-order valence-electron chi connectivity index (χ2n) is 4.18. The fourth-order valence-electron chi connectivity index (χ4n) is 1.59. The molecule has 2 rings (SSSR count). The summed E-state index contributed by atoms with van der Waals surface area (Å²) in [6.07, 6.45) is 0.420. The Morgan fingerprint density at radius 1 is 1.14 bits per heavy atom. The van der Waals surface area contributed by atoms with E-state index in [0.717, 1.165) is 0 Å². The number of benzene rings is 1. The van der Waals surface area contributed by atoms with Gasteiger partial charge in [0.15, 0.2) is 0 Å². The Morgan fingerprint density at radius 2 is 1.90 bits per heavy atom. The molecule has 0 saturated carbocycles. The second-order valence-corrected chi connectivity index (χ2v) is 6.74. The number of nitrogens with one attached hydrogen (secondary N) is 1. The van der Waals surface area contributed by atoms with Gasteiger partial charge < -0.3 is 5.32 Å². The van der Waals surface area contributed by atoms with Crippen molar-refractivity contribution in [3.8, 4) is 0 Å². The first kappa shape index (κ1) is 15.7. The Hall–Kier alpha value is -1.70. The number of thiophene rings is 1. The molecule has 0 aliphatic carbocycles. The van der Waals surface area contributed by atoms with Crippen LogP contribution in [0.4, 0.5) is 0 Å². The Balaban J connectivity index is 1.72. The lowest BCUT2D eigenvalue weighted by atomic mass is 10.4. The predicted molar refractivity (Wildman–Crippen MR) is 80.8 cm³/mol. The predicted octanol–water partition coefficient (Wildman–Crippen LogP) is 2.27. The molecule has 7 heteroatoms. The normalized spacial score (nSPS) is 11.2. The molecule has 1 amide bonds. The van der Waals surface area contributed by atoms with Gasteiger partial charge >= 0.3 is 0 Å². The highest BCUT2D eigenvalue weighted by Gasteiger charge is 2.14. The summed E-state index contributed by atoms with van der Waals surface area (Å²) in [6, 6.07) is 11.5. The van der Waals surface area contributed by atoms with Gasteiger partial charge in [0.1, 0.15) is 0 Å². The Labute approximate surface area is 127 Å². The van der Waals surface area contributed by atoms with Crippen molar-refractivity contribution in [2.24, 2.45) is 0 Å². The van der Waals surface area contributed by atoms with E-state index in [1.165, 1.54) is 23.5 Å².